The lowest BCUT2D eigenvalue weighted by molar-refractivity contribution is 0.282. The number of rotatable bonds is 4. The molecule has 2 rings (SSSR count). The second kappa shape index (κ2) is 5.30. The highest BCUT2D eigenvalue weighted by atomic mass is 32.2. The number of thiazole rings is 1. The molecule has 78 valence electrons. The maximum atomic E-state index is 8.90. The first kappa shape index (κ1) is 10.7. The summed E-state index contributed by atoms with van der Waals surface area (Å²) in [6.07, 6.45) is 1.90. The van der Waals surface area contributed by atoms with Crippen LogP contribution in [-0.4, -0.2) is 10.1 Å². The Morgan fingerprint density at radius 2 is 2.07 bits per heavy atom. The molecule has 1 N–H and O–H groups in total. The zero-order valence-corrected chi connectivity index (χ0v) is 9.72. The molecule has 0 spiro atoms. The van der Waals surface area contributed by atoms with Gasteiger partial charge in [-0.3, -0.25) is 4.98 Å². The maximum Gasteiger partial charge on any atom is 0.0794 e. The molecule has 1 heterocycles. The van der Waals surface area contributed by atoms with E-state index in [1.807, 2.05) is 36.0 Å². The summed E-state index contributed by atoms with van der Waals surface area (Å²) in [5.74, 6) is 0.961. The van der Waals surface area contributed by atoms with E-state index < -0.39 is 0 Å². The molecule has 0 aliphatic carbocycles. The fraction of sp³-hybridized carbons (Fsp3) is 0.182. The molecule has 0 bridgehead atoms. The van der Waals surface area contributed by atoms with Crippen molar-refractivity contribution in [1.29, 1.82) is 0 Å². The van der Waals surface area contributed by atoms with Gasteiger partial charge in [-0.1, -0.05) is 12.1 Å². The number of aliphatic hydroxyl groups excluding tert-OH is 1. The van der Waals surface area contributed by atoms with Crippen molar-refractivity contribution in [1.82, 2.24) is 4.98 Å². The van der Waals surface area contributed by atoms with Crippen LogP contribution < -0.4 is 0 Å². The summed E-state index contributed by atoms with van der Waals surface area (Å²) in [6, 6.07) is 7.98. The molecule has 4 heteroatoms. The number of hydrogen-bond acceptors (Lipinski definition) is 4. The molecule has 1 aromatic heterocycles. The molecular weight excluding hydrogens is 226 g/mol. The van der Waals surface area contributed by atoms with Gasteiger partial charge in [0.15, 0.2) is 0 Å². The van der Waals surface area contributed by atoms with Gasteiger partial charge in [-0.15, -0.1) is 23.1 Å². The van der Waals surface area contributed by atoms with E-state index in [0.29, 0.717) is 0 Å². The fourth-order valence-electron chi connectivity index (χ4n) is 1.16. The first-order valence-electron chi connectivity index (χ1n) is 4.58. The van der Waals surface area contributed by atoms with Crippen molar-refractivity contribution in [3.8, 4) is 0 Å². The Balaban J connectivity index is 1.93. The molecule has 2 nitrogen and oxygen atoms in total. The summed E-state index contributed by atoms with van der Waals surface area (Å²) in [5.41, 5.74) is 2.81. The summed E-state index contributed by atoms with van der Waals surface area (Å²) < 4.78 is 0. The van der Waals surface area contributed by atoms with Crippen molar-refractivity contribution in [3.05, 3.63) is 46.4 Å². The molecule has 2 aromatic rings. The van der Waals surface area contributed by atoms with Crippen LogP contribution >= 0.6 is 23.1 Å². The van der Waals surface area contributed by atoms with E-state index >= 15 is 0 Å². The van der Waals surface area contributed by atoms with E-state index in [1.165, 1.54) is 9.77 Å². The van der Waals surface area contributed by atoms with E-state index in [9.17, 15) is 0 Å². The van der Waals surface area contributed by atoms with Gasteiger partial charge in [0.1, 0.15) is 0 Å². The van der Waals surface area contributed by atoms with Crippen LogP contribution in [-0.2, 0) is 12.4 Å². The second-order valence-electron chi connectivity index (χ2n) is 3.06. The molecule has 0 saturated carbocycles. The maximum absolute atomic E-state index is 8.90. The Morgan fingerprint density at radius 3 is 2.67 bits per heavy atom. The van der Waals surface area contributed by atoms with E-state index in [4.69, 9.17) is 5.11 Å². The number of thioether (sulfide) groups is 1. The van der Waals surface area contributed by atoms with Crippen molar-refractivity contribution < 1.29 is 5.11 Å². The number of nitrogens with zero attached hydrogens (tertiary/aromatic N) is 1. The minimum absolute atomic E-state index is 0.111. The molecule has 15 heavy (non-hydrogen) atoms. The van der Waals surface area contributed by atoms with Crippen LogP contribution in [0.3, 0.4) is 0 Å². The van der Waals surface area contributed by atoms with E-state index in [0.717, 1.165) is 11.3 Å². The highest BCUT2D eigenvalue weighted by Crippen LogP contribution is 2.24. The molecule has 0 radical (unpaired) electrons. The third-order valence-electron chi connectivity index (χ3n) is 1.97. The van der Waals surface area contributed by atoms with Crippen molar-refractivity contribution in [2.24, 2.45) is 0 Å². The number of aliphatic hydroxyl groups is 1. The molecule has 0 fully saturated rings. The van der Waals surface area contributed by atoms with Crippen molar-refractivity contribution >= 4 is 23.1 Å². The molecule has 0 saturated heterocycles. The molecule has 0 aliphatic rings. The summed E-state index contributed by atoms with van der Waals surface area (Å²) in [7, 11) is 0. The predicted octanol–water partition coefficient (Wildman–Crippen LogP) is 2.93. The van der Waals surface area contributed by atoms with Gasteiger partial charge >= 0.3 is 0 Å². The van der Waals surface area contributed by atoms with Crippen molar-refractivity contribution in [2.75, 3.05) is 0 Å². The van der Waals surface area contributed by atoms with E-state index in [2.05, 4.69) is 4.98 Å². The molecule has 1 aromatic carbocycles. The first-order valence-corrected chi connectivity index (χ1v) is 6.45. The average molecular weight is 237 g/mol. The highest BCUT2D eigenvalue weighted by Gasteiger charge is 1.97. The molecule has 0 unspecified atom stereocenters. The predicted molar refractivity (Wildman–Crippen MR) is 64.0 cm³/mol. The zero-order valence-electron chi connectivity index (χ0n) is 8.09. The summed E-state index contributed by atoms with van der Waals surface area (Å²) in [5, 5.41) is 8.90. The Morgan fingerprint density at radius 1 is 1.27 bits per heavy atom. The minimum Gasteiger partial charge on any atom is -0.392 e. The number of benzene rings is 1. The van der Waals surface area contributed by atoms with Crippen LogP contribution in [0.1, 0.15) is 10.4 Å². The third kappa shape index (κ3) is 3.06. The van der Waals surface area contributed by atoms with E-state index in [1.54, 1.807) is 23.1 Å². The quantitative estimate of drug-likeness (QED) is 0.830. The van der Waals surface area contributed by atoms with Gasteiger partial charge in [-0.05, 0) is 17.7 Å². The SMILES string of the molecule is OCc1ccc(SCc2cncs2)cc1. The molecular formula is C11H11NOS2. The van der Waals surface area contributed by atoms with Gasteiger partial charge in [0.2, 0.25) is 0 Å². The van der Waals surface area contributed by atoms with Gasteiger partial charge in [-0.25, -0.2) is 0 Å². The average Bonchev–Trinajstić information content (AvgIpc) is 2.80. The van der Waals surface area contributed by atoms with Crippen LogP contribution in [0.25, 0.3) is 0 Å². The Bertz CT molecular complexity index is 397. The lowest BCUT2D eigenvalue weighted by Crippen LogP contribution is -1.81. The van der Waals surface area contributed by atoms with Crippen LogP contribution in [0, 0.1) is 0 Å². The van der Waals surface area contributed by atoms with Crippen LogP contribution in [0.5, 0.6) is 0 Å². The van der Waals surface area contributed by atoms with Crippen molar-refractivity contribution in [3.63, 3.8) is 0 Å². The number of hydrogen-bond donors (Lipinski definition) is 1. The second-order valence-corrected chi connectivity index (χ2v) is 5.08. The Labute approximate surface area is 97.0 Å². The standard InChI is InChI=1S/C11H11NOS2/c13-6-9-1-3-10(4-2-9)14-7-11-5-12-8-15-11/h1-5,8,13H,6-7H2. The third-order valence-corrected chi connectivity index (χ3v) is 3.99. The van der Waals surface area contributed by atoms with Gasteiger partial charge in [0.05, 0.1) is 12.1 Å². The first-order chi connectivity index (χ1) is 7.38. The molecule has 0 atom stereocenters. The van der Waals surface area contributed by atoms with Gasteiger partial charge in [0, 0.05) is 21.7 Å². The summed E-state index contributed by atoms with van der Waals surface area (Å²) in [6.45, 7) is 0.111. The monoisotopic (exact) mass is 237 g/mol. The lowest BCUT2D eigenvalue weighted by Gasteiger charge is -2.00. The summed E-state index contributed by atoms with van der Waals surface area (Å²) >= 11 is 3.46. The highest BCUT2D eigenvalue weighted by molar-refractivity contribution is 7.98. The van der Waals surface area contributed by atoms with Crippen LogP contribution in [0.2, 0.25) is 0 Å². The normalized spacial score (nSPS) is 10.5. The smallest absolute Gasteiger partial charge is 0.0794 e. The molecule has 0 amide bonds. The van der Waals surface area contributed by atoms with Gasteiger partial charge in [0.25, 0.3) is 0 Å². The lowest BCUT2D eigenvalue weighted by atomic mass is 10.2. The van der Waals surface area contributed by atoms with Gasteiger partial charge in [-0.2, -0.15) is 0 Å². The van der Waals surface area contributed by atoms with Gasteiger partial charge < -0.3 is 5.11 Å². The van der Waals surface area contributed by atoms with Crippen LogP contribution in [0.15, 0.2) is 40.9 Å². The van der Waals surface area contributed by atoms with Crippen molar-refractivity contribution in [2.45, 2.75) is 17.3 Å². The largest absolute Gasteiger partial charge is 0.392 e. The fourth-order valence-corrected chi connectivity index (χ4v) is 2.70. The Kier molecular flexibility index (Phi) is 3.77. The van der Waals surface area contributed by atoms with E-state index in [-0.39, 0.29) is 6.61 Å². The zero-order chi connectivity index (χ0) is 10.5. The summed E-state index contributed by atoms with van der Waals surface area (Å²) in [4.78, 5) is 6.54. The topological polar surface area (TPSA) is 33.1 Å². The number of aromatic nitrogens is 1. The molecule has 0 aliphatic heterocycles. The minimum atomic E-state index is 0.111. The van der Waals surface area contributed by atoms with Crippen LogP contribution in [0.4, 0.5) is 0 Å². The Hall–Kier alpha value is -0.840.